The van der Waals surface area contributed by atoms with Gasteiger partial charge < -0.3 is 11.1 Å². The minimum atomic E-state index is -0.578. The van der Waals surface area contributed by atoms with Gasteiger partial charge in [0, 0.05) is 10.5 Å². The Balaban J connectivity index is 0.00000162. The molecule has 1 aromatic carbocycles. The van der Waals surface area contributed by atoms with E-state index in [2.05, 4.69) is 33.4 Å². The molecule has 0 saturated heterocycles. The quantitative estimate of drug-likeness (QED) is 0.889. The maximum Gasteiger partial charge on any atom is 0.240 e. The molecule has 1 aliphatic carbocycles. The van der Waals surface area contributed by atoms with Crippen molar-refractivity contribution in [3.05, 3.63) is 34.3 Å². The van der Waals surface area contributed by atoms with Crippen molar-refractivity contribution < 1.29 is 4.79 Å². The van der Waals surface area contributed by atoms with Crippen LogP contribution in [0, 0.1) is 0 Å². The van der Waals surface area contributed by atoms with Crippen LogP contribution < -0.4 is 11.1 Å². The first kappa shape index (κ1) is 15.5. The van der Waals surface area contributed by atoms with Crippen LogP contribution in [0.25, 0.3) is 0 Å². The fourth-order valence-corrected chi connectivity index (χ4v) is 2.24. The van der Waals surface area contributed by atoms with E-state index in [9.17, 15) is 4.79 Å². The van der Waals surface area contributed by atoms with Crippen LogP contribution >= 0.6 is 28.3 Å². The number of amides is 1. The van der Waals surface area contributed by atoms with Crippen molar-refractivity contribution in [2.24, 2.45) is 5.73 Å². The first-order valence-electron chi connectivity index (χ1n) is 5.84. The lowest BCUT2D eigenvalue weighted by Gasteiger charge is -2.17. The third-order valence-corrected chi connectivity index (χ3v) is 3.54. The molecule has 0 radical (unpaired) electrons. The van der Waals surface area contributed by atoms with Crippen LogP contribution in [-0.4, -0.2) is 17.5 Å². The molecule has 100 valence electrons. The molecule has 1 fully saturated rings. The normalized spacial score (nSPS) is 17.5. The summed E-state index contributed by atoms with van der Waals surface area (Å²) in [5, 5.41) is 2.97. The predicted molar refractivity (Wildman–Crippen MR) is 78.9 cm³/mol. The van der Waals surface area contributed by atoms with E-state index in [4.69, 9.17) is 5.73 Å². The van der Waals surface area contributed by atoms with E-state index in [1.165, 1.54) is 5.56 Å². The monoisotopic (exact) mass is 332 g/mol. The van der Waals surface area contributed by atoms with Gasteiger partial charge in [-0.15, -0.1) is 12.4 Å². The van der Waals surface area contributed by atoms with Gasteiger partial charge in [-0.2, -0.15) is 0 Å². The van der Waals surface area contributed by atoms with E-state index in [0.717, 1.165) is 23.7 Å². The summed E-state index contributed by atoms with van der Waals surface area (Å²) in [5.41, 5.74) is 6.46. The summed E-state index contributed by atoms with van der Waals surface area (Å²) >= 11 is 3.44. The van der Waals surface area contributed by atoms with Gasteiger partial charge in [-0.3, -0.25) is 4.79 Å². The summed E-state index contributed by atoms with van der Waals surface area (Å²) in [6.45, 7) is 2.00. The Bertz CT molecular complexity index is 435. The van der Waals surface area contributed by atoms with Crippen molar-refractivity contribution in [3.8, 4) is 0 Å². The zero-order chi connectivity index (χ0) is 12.5. The maximum atomic E-state index is 11.7. The van der Waals surface area contributed by atoms with Gasteiger partial charge in [0.15, 0.2) is 0 Å². The number of hydrogen-bond acceptors (Lipinski definition) is 2. The second-order valence-corrected chi connectivity index (χ2v) is 5.78. The van der Waals surface area contributed by atoms with Crippen molar-refractivity contribution in [1.29, 1.82) is 0 Å². The second kappa shape index (κ2) is 6.04. The number of hydrogen-bond donors (Lipinski definition) is 2. The molecule has 1 aliphatic rings. The molecule has 1 amide bonds. The van der Waals surface area contributed by atoms with Crippen LogP contribution in [0.1, 0.15) is 25.3 Å². The fraction of sp³-hybridized carbons (Fsp3) is 0.462. The highest BCUT2D eigenvalue weighted by atomic mass is 79.9. The Morgan fingerprint density at radius 1 is 1.56 bits per heavy atom. The van der Waals surface area contributed by atoms with Crippen LogP contribution in [0.2, 0.25) is 0 Å². The Labute approximate surface area is 122 Å². The van der Waals surface area contributed by atoms with Gasteiger partial charge in [0.2, 0.25) is 5.91 Å². The maximum absolute atomic E-state index is 11.7. The molecule has 0 aliphatic heterocycles. The zero-order valence-electron chi connectivity index (χ0n) is 10.3. The lowest BCUT2D eigenvalue weighted by molar-refractivity contribution is -0.123. The summed E-state index contributed by atoms with van der Waals surface area (Å²) in [6, 6.07) is 8.23. The number of carbonyl (C=O) groups excluding carboxylic acids is 1. The average Bonchev–Trinajstić information content (AvgIpc) is 2.97. The summed E-state index contributed by atoms with van der Waals surface area (Å²) in [7, 11) is 0. The largest absolute Gasteiger partial charge is 0.352 e. The molecule has 18 heavy (non-hydrogen) atoms. The number of nitrogens with two attached hydrogens (primary N) is 1. The van der Waals surface area contributed by atoms with Gasteiger partial charge in [0.1, 0.15) is 0 Å². The average molecular weight is 334 g/mol. The van der Waals surface area contributed by atoms with Crippen molar-refractivity contribution in [1.82, 2.24) is 5.32 Å². The van der Waals surface area contributed by atoms with Gasteiger partial charge in [0.25, 0.3) is 0 Å². The van der Waals surface area contributed by atoms with Crippen molar-refractivity contribution >= 4 is 34.2 Å². The summed E-state index contributed by atoms with van der Waals surface area (Å²) in [5.74, 6) is -0.0139. The fourth-order valence-electron chi connectivity index (χ4n) is 1.80. The van der Waals surface area contributed by atoms with Crippen molar-refractivity contribution in [3.63, 3.8) is 0 Å². The molecular formula is C13H18BrClN2O. The Morgan fingerprint density at radius 2 is 2.22 bits per heavy atom. The third kappa shape index (κ3) is 3.97. The molecule has 0 spiro atoms. The number of carbonyl (C=O) groups is 1. The highest BCUT2D eigenvalue weighted by molar-refractivity contribution is 9.10. The zero-order valence-corrected chi connectivity index (χ0v) is 12.7. The molecule has 3 N–H and O–H groups in total. The van der Waals surface area contributed by atoms with Crippen molar-refractivity contribution in [2.75, 3.05) is 0 Å². The van der Waals surface area contributed by atoms with E-state index in [0.29, 0.717) is 0 Å². The Hall–Kier alpha value is -0.580. The second-order valence-electron chi connectivity index (χ2n) is 4.86. The minimum Gasteiger partial charge on any atom is -0.352 e. The van der Waals surface area contributed by atoms with Crippen LogP contribution in [0.15, 0.2) is 28.7 Å². The van der Waals surface area contributed by atoms with Gasteiger partial charge in [0.05, 0.1) is 5.54 Å². The van der Waals surface area contributed by atoms with Gasteiger partial charge in [-0.05, 0) is 43.9 Å². The van der Waals surface area contributed by atoms with E-state index >= 15 is 0 Å². The first-order chi connectivity index (χ1) is 7.99. The Kier molecular flexibility index (Phi) is 5.20. The molecule has 0 heterocycles. The number of rotatable bonds is 4. The van der Waals surface area contributed by atoms with Crippen LogP contribution in [-0.2, 0) is 11.2 Å². The highest BCUT2D eigenvalue weighted by Crippen LogP contribution is 2.32. The Morgan fingerprint density at radius 3 is 2.78 bits per heavy atom. The number of benzene rings is 1. The molecule has 2 rings (SSSR count). The van der Waals surface area contributed by atoms with E-state index in [-0.39, 0.29) is 24.4 Å². The summed E-state index contributed by atoms with van der Waals surface area (Å²) in [4.78, 5) is 11.7. The van der Waals surface area contributed by atoms with Crippen LogP contribution in [0.3, 0.4) is 0 Å². The molecular weight excluding hydrogens is 316 g/mol. The summed E-state index contributed by atoms with van der Waals surface area (Å²) < 4.78 is 1.06. The molecule has 0 bridgehead atoms. The molecule has 1 unspecified atom stereocenters. The first-order valence-corrected chi connectivity index (χ1v) is 6.63. The lowest BCUT2D eigenvalue weighted by atomic mass is 10.1. The molecule has 1 aromatic rings. The topological polar surface area (TPSA) is 55.1 Å². The number of nitrogens with one attached hydrogen (secondary N) is 1. The van der Waals surface area contributed by atoms with Gasteiger partial charge in [-0.25, -0.2) is 0 Å². The molecule has 5 heteroatoms. The minimum absolute atomic E-state index is 0. The third-order valence-electron chi connectivity index (χ3n) is 3.05. The van der Waals surface area contributed by atoms with E-state index in [1.54, 1.807) is 0 Å². The van der Waals surface area contributed by atoms with Crippen molar-refractivity contribution in [2.45, 2.75) is 37.8 Å². The predicted octanol–water partition coefficient (Wildman–Crippen LogP) is 2.41. The summed E-state index contributed by atoms with van der Waals surface area (Å²) in [6.07, 6.45) is 2.44. The standard InChI is InChI=1S/C13H17BrN2O.ClH/c1-9(16-12(17)13(15)5-6-13)7-10-3-2-4-11(14)8-10;/h2-4,8-9H,5-7,15H2,1H3,(H,16,17);1H. The molecule has 0 aromatic heterocycles. The molecule has 3 nitrogen and oxygen atoms in total. The molecule has 1 saturated carbocycles. The molecule has 1 atom stereocenters. The SMILES string of the molecule is CC(Cc1cccc(Br)c1)NC(=O)C1(N)CC1.Cl. The van der Waals surface area contributed by atoms with Crippen LogP contribution in [0.4, 0.5) is 0 Å². The smallest absolute Gasteiger partial charge is 0.240 e. The van der Waals surface area contributed by atoms with E-state index in [1.807, 2.05) is 19.1 Å². The van der Waals surface area contributed by atoms with Gasteiger partial charge >= 0.3 is 0 Å². The van der Waals surface area contributed by atoms with E-state index < -0.39 is 5.54 Å². The van der Waals surface area contributed by atoms with Gasteiger partial charge in [-0.1, -0.05) is 28.1 Å². The van der Waals surface area contributed by atoms with Crippen LogP contribution in [0.5, 0.6) is 0 Å². The lowest BCUT2D eigenvalue weighted by Crippen LogP contribution is -2.46. The number of halogens is 2. The highest BCUT2D eigenvalue weighted by Gasteiger charge is 2.46.